The normalized spacial score (nSPS) is 13.3. The van der Waals surface area contributed by atoms with Crippen LogP contribution >= 0.6 is 0 Å². The standard InChI is InChI=1S/C16H20O2/c1-4-15(17)13(3)16(18-5-2)12-11-14-9-7-6-8-10-14/h6-10,13,16H,4-5H2,1-3H3. The molecule has 1 aromatic rings. The van der Waals surface area contributed by atoms with Crippen molar-refractivity contribution in [2.24, 2.45) is 5.92 Å². The van der Waals surface area contributed by atoms with Crippen LogP contribution < -0.4 is 0 Å². The highest BCUT2D eigenvalue weighted by atomic mass is 16.5. The molecule has 96 valence electrons. The summed E-state index contributed by atoms with van der Waals surface area (Å²) in [6.45, 7) is 6.23. The van der Waals surface area contributed by atoms with Crippen LogP contribution in [0.5, 0.6) is 0 Å². The molecule has 0 fully saturated rings. The number of hydrogen-bond donors (Lipinski definition) is 0. The van der Waals surface area contributed by atoms with E-state index in [9.17, 15) is 4.79 Å². The molecule has 0 saturated heterocycles. The fraction of sp³-hybridized carbons (Fsp3) is 0.438. The van der Waals surface area contributed by atoms with Gasteiger partial charge in [-0.15, -0.1) is 0 Å². The SMILES string of the molecule is CCOC(C#Cc1ccccc1)C(C)C(=O)CC. The number of ether oxygens (including phenoxy) is 1. The van der Waals surface area contributed by atoms with Crippen molar-refractivity contribution in [2.75, 3.05) is 6.61 Å². The molecule has 0 aliphatic heterocycles. The van der Waals surface area contributed by atoms with E-state index in [1.807, 2.05) is 51.1 Å². The summed E-state index contributed by atoms with van der Waals surface area (Å²) in [5.74, 6) is 6.14. The summed E-state index contributed by atoms with van der Waals surface area (Å²) >= 11 is 0. The van der Waals surface area contributed by atoms with Gasteiger partial charge in [-0.05, 0) is 19.1 Å². The zero-order valence-electron chi connectivity index (χ0n) is 11.3. The molecule has 0 aromatic heterocycles. The maximum atomic E-state index is 11.7. The Morgan fingerprint density at radius 3 is 2.50 bits per heavy atom. The number of carbonyl (C=O) groups excluding carboxylic acids is 1. The lowest BCUT2D eigenvalue weighted by Gasteiger charge is -2.17. The summed E-state index contributed by atoms with van der Waals surface area (Å²) in [5, 5.41) is 0. The summed E-state index contributed by atoms with van der Waals surface area (Å²) in [7, 11) is 0. The van der Waals surface area contributed by atoms with Crippen LogP contribution in [0, 0.1) is 17.8 Å². The van der Waals surface area contributed by atoms with Gasteiger partial charge in [0.1, 0.15) is 11.9 Å². The summed E-state index contributed by atoms with van der Waals surface area (Å²) in [5.41, 5.74) is 0.943. The van der Waals surface area contributed by atoms with E-state index >= 15 is 0 Å². The van der Waals surface area contributed by atoms with E-state index in [-0.39, 0.29) is 17.8 Å². The second-order valence-electron chi connectivity index (χ2n) is 4.12. The number of ketones is 1. The molecule has 0 radical (unpaired) electrons. The first-order valence-corrected chi connectivity index (χ1v) is 6.39. The van der Waals surface area contributed by atoms with Crippen LogP contribution in [0.3, 0.4) is 0 Å². The van der Waals surface area contributed by atoms with Crippen molar-refractivity contribution in [1.29, 1.82) is 0 Å². The van der Waals surface area contributed by atoms with Gasteiger partial charge in [0.25, 0.3) is 0 Å². The molecule has 1 aromatic carbocycles. The first-order valence-electron chi connectivity index (χ1n) is 6.39. The number of hydrogen-bond acceptors (Lipinski definition) is 2. The zero-order valence-corrected chi connectivity index (χ0v) is 11.3. The number of benzene rings is 1. The van der Waals surface area contributed by atoms with Crippen molar-refractivity contribution in [3.05, 3.63) is 35.9 Å². The maximum Gasteiger partial charge on any atom is 0.139 e. The number of rotatable bonds is 5. The Kier molecular flexibility index (Phi) is 6.18. The number of carbonyl (C=O) groups is 1. The summed E-state index contributed by atoms with van der Waals surface area (Å²) in [6.07, 6.45) is 0.209. The van der Waals surface area contributed by atoms with Gasteiger partial charge in [0.2, 0.25) is 0 Å². The van der Waals surface area contributed by atoms with Crippen molar-refractivity contribution in [2.45, 2.75) is 33.3 Å². The van der Waals surface area contributed by atoms with Crippen LogP contribution in [0.1, 0.15) is 32.8 Å². The summed E-state index contributed by atoms with van der Waals surface area (Å²) in [6, 6.07) is 9.74. The van der Waals surface area contributed by atoms with E-state index in [1.165, 1.54) is 0 Å². The van der Waals surface area contributed by atoms with Crippen LogP contribution in [0.25, 0.3) is 0 Å². The summed E-state index contributed by atoms with van der Waals surface area (Å²) in [4.78, 5) is 11.7. The lowest BCUT2D eigenvalue weighted by Crippen LogP contribution is -2.27. The molecular formula is C16H20O2. The fourth-order valence-electron chi connectivity index (χ4n) is 1.66. The third-order valence-electron chi connectivity index (χ3n) is 2.79. The highest BCUT2D eigenvalue weighted by Gasteiger charge is 2.21. The molecule has 0 aliphatic rings. The molecule has 2 nitrogen and oxygen atoms in total. The van der Waals surface area contributed by atoms with Gasteiger partial charge in [-0.25, -0.2) is 0 Å². The minimum atomic E-state index is -0.317. The van der Waals surface area contributed by atoms with Gasteiger partial charge in [-0.2, -0.15) is 0 Å². The predicted octanol–water partition coefficient (Wildman–Crippen LogP) is 3.06. The predicted molar refractivity (Wildman–Crippen MR) is 73.2 cm³/mol. The zero-order chi connectivity index (χ0) is 13.4. The Morgan fingerprint density at radius 1 is 1.28 bits per heavy atom. The molecule has 0 amide bonds. The first-order chi connectivity index (χ1) is 8.69. The van der Waals surface area contributed by atoms with Crippen LogP contribution in [-0.2, 0) is 9.53 Å². The topological polar surface area (TPSA) is 26.3 Å². The van der Waals surface area contributed by atoms with Crippen molar-refractivity contribution in [1.82, 2.24) is 0 Å². The Balaban J connectivity index is 2.81. The van der Waals surface area contributed by atoms with Gasteiger partial charge >= 0.3 is 0 Å². The lowest BCUT2D eigenvalue weighted by atomic mass is 9.98. The molecule has 2 atom stereocenters. The van der Waals surface area contributed by atoms with Crippen molar-refractivity contribution < 1.29 is 9.53 Å². The quantitative estimate of drug-likeness (QED) is 0.744. The maximum absolute atomic E-state index is 11.7. The molecular weight excluding hydrogens is 224 g/mol. The second kappa shape index (κ2) is 7.68. The van der Waals surface area contributed by atoms with E-state index in [1.54, 1.807) is 0 Å². The van der Waals surface area contributed by atoms with E-state index in [0.717, 1.165) is 5.56 Å². The largest absolute Gasteiger partial charge is 0.365 e. The van der Waals surface area contributed by atoms with Crippen LogP contribution in [0.4, 0.5) is 0 Å². The lowest BCUT2D eigenvalue weighted by molar-refractivity contribution is -0.125. The Bertz CT molecular complexity index is 425. The van der Waals surface area contributed by atoms with Gasteiger partial charge < -0.3 is 4.74 Å². The van der Waals surface area contributed by atoms with Gasteiger partial charge in [0, 0.05) is 18.6 Å². The van der Waals surface area contributed by atoms with Crippen LogP contribution in [-0.4, -0.2) is 18.5 Å². The Labute approximate surface area is 109 Å². The van der Waals surface area contributed by atoms with Crippen LogP contribution in [0.15, 0.2) is 30.3 Å². The second-order valence-corrected chi connectivity index (χ2v) is 4.12. The van der Waals surface area contributed by atoms with Gasteiger partial charge in [0.15, 0.2) is 0 Å². The fourth-order valence-corrected chi connectivity index (χ4v) is 1.66. The molecule has 0 bridgehead atoms. The van der Waals surface area contributed by atoms with E-state index in [2.05, 4.69) is 11.8 Å². The van der Waals surface area contributed by atoms with Gasteiger partial charge in [-0.3, -0.25) is 4.79 Å². The molecule has 0 aliphatic carbocycles. The minimum Gasteiger partial charge on any atom is -0.365 e. The van der Waals surface area contributed by atoms with Crippen LogP contribution in [0.2, 0.25) is 0 Å². The molecule has 2 unspecified atom stereocenters. The average Bonchev–Trinajstić information content (AvgIpc) is 2.43. The summed E-state index contributed by atoms with van der Waals surface area (Å²) < 4.78 is 5.55. The third kappa shape index (κ3) is 4.35. The Hall–Kier alpha value is -1.59. The molecule has 2 heteroatoms. The van der Waals surface area contributed by atoms with E-state index < -0.39 is 0 Å². The van der Waals surface area contributed by atoms with Crippen molar-refractivity contribution in [3.8, 4) is 11.8 Å². The number of Topliss-reactive ketones (excluding diaryl/α,β-unsaturated/α-hetero) is 1. The molecule has 0 spiro atoms. The van der Waals surface area contributed by atoms with Gasteiger partial charge in [0.05, 0.1) is 5.92 Å². The Morgan fingerprint density at radius 2 is 1.94 bits per heavy atom. The minimum absolute atomic E-state index is 0.175. The highest BCUT2D eigenvalue weighted by molar-refractivity contribution is 5.81. The average molecular weight is 244 g/mol. The molecule has 0 heterocycles. The third-order valence-corrected chi connectivity index (χ3v) is 2.79. The van der Waals surface area contributed by atoms with E-state index in [0.29, 0.717) is 13.0 Å². The smallest absolute Gasteiger partial charge is 0.139 e. The molecule has 1 rings (SSSR count). The molecule has 0 N–H and O–H groups in total. The highest BCUT2D eigenvalue weighted by Crippen LogP contribution is 2.10. The van der Waals surface area contributed by atoms with Crippen molar-refractivity contribution >= 4 is 5.78 Å². The van der Waals surface area contributed by atoms with E-state index in [4.69, 9.17) is 4.74 Å². The monoisotopic (exact) mass is 244 g/mol. The van der Waals surface area contributed by atoms with Crippen molar-refractivity contribution in [3.63, 3.8) is 0 Å². The van der Waals surface area contributed by atoms with Gasteiger partial charge in [-0.1, -0.05) is 43.9 Å². The molecule has 18 heavy (non-hydrogen) atoms. The first kappa shape index (κ1) is 14.5. The molecule has 0 saturated carbocycles.